The van der Waals surface area contributed by atoms with Gasteiger partial charge in [-0.1, -0.05) is 12.1 Å². The van der Waals surface area contributed by atoms with Crippen LogP contribution in [0, 0.1) is 0 Å². The first-order valence-electron chi connectivity index (χ1n) is 10.4. The molecule has 3 rings (SSSR count). The predicted molar refractivity (Wildman–Crippen MR) is 119 cm³/mol. The van der Waals surface area contributed by atoms with Crippen molar-refractivity contribution in [3.63, 3.8) is 0 Å². The van der Waals surface area contributed by atoms with E-state index < -0.39 is 10.0 Å². The number of carbonyl (C=O) groups is 2. The van der Waals surface area contributed by atoms with Crippen LogP contribution in [0.3, 0.4) is 0 Å². The molecule has 8 nitrogen and oxygen atoms in total. The highest BCUT2D eigenvalue weighted by atomic mass is 32.2. The highest BCUT2D eigenvalue weighted by Gasteiger charge is 2.30. The number of rotatable bonds is 9. The Kier molecular flexibility index (Phi) is 7.87. The van der Waals surface area contributed by atoms with Crippen LogP contribution in [0.4, 0.5) is 0 Å². The zero-order valence-electron chi connectivity index (χ0n) is 18.3. The normalized spacial score (nSPS) is 14.8. The quantitative estimate of drug-likeness (QED) is 0.569. The van der Waals surface area contributed by atoms with E-state index >= 15 is 0 Å². The van der Waals surface area contributed by atoms with Crippen molar-refractivity contribution in [2.24, 2.45) is 0 Å². The van der Waals surface area contributed by atoms with Crippen LogP contribution in [-0.4, -0.2) is 69.2 Å². The molecule has 1 amide bonds. The summed E-state index contributed by atoms with van der Waals surface area (Å²) in [7, 11) is -2.10. The molecule has 2 aromatic rings. The number of hydrogen-bond donors (Lipinski definition) is 0. The third kappa shape index (κ3) is 6.08. The van der Waals surface area contributed by atoms with E-state index in [1.54, 1.807) is 36.1 Å². The second-order valence-electron chi connectivity index (χ2n) is 7.60. The van der Waals surface area contributed by atoms with Crippen molar-refractivity contribution in [1.82, 2.24) is 9.21 Å². The van der Waals surface area contributed by atoms with Gasteiger partial charge in [-0.15, -0.1) is 0 Å². The van der Waals surface area contributed by atoms with Gasteiger partial charge in [-0.05, 0) is 55.3 Å². The van der Waals surface area contributed by atoms with Gasteiger partial charge < -0.3 is 19.2 Å². The maximum Gasteiger partial charge on any atom is 0.260 e. The molecule has 1 aliphatic rings. The molecule has 9 heteroatoms. The van der Waals surface area contributed by atoms with Crippen LogP contribution in [0.2, 0.25) is 0 Å². The van der Waals surface area contributed by atoms with Crippen LogP contribution >= 0.6 is 0 Å². The van der Waals surface area contributed by atoms with Crippen molar-refractivity contribution in [3.05, 3.63) is 54.1 Å². The van der Waals surface area contributed by atoms with Gasteiger partial charge in [0.2, 0.25) is 10.0 Å². The molecule has 0 radical (unpaired) electrons. The van der Waals surface area contributed by atoms with E-state index in [0.717, 1.165) is 5.56 Å². The molecule has 1 fully saturated rings. The Morgan fingerprint density at radius 1 is 0.906 bits per heavy atom. The number of amides is 1. The molecule has 0 atom stereocenters. The second-order valence-corrected chi connectivity index (χ2v) is 9.53. The zero-order chi connectivity index (χ0) is 23.1. The topological polar surface area (TPSA) is 93.2 Å². The van der Waals surface area contributed by atoms with Gasteiger partial charge in [-0.25, -0.2) is 8.42 Å². The largest absolute Gasteiger partial charge is 0.497 e. The number of ketones is 1. The molecule has 0 bridgehead atoms. The fourth-order valence-corrected chi connectivity index (χ4v) is 4.81. The number of nitrogens with zero attached hydrogens (tertiary/aromatic N) is 2. The van der Waals surface area contributed by atoms with Gasteiger partial charge in [0, 0.05) is 32.6 Å². The van der Waals surface area contributed by atoms with Crippen LogP contribution < -0.4 is 9.47 Å². The third-order valence-electron chi connectivity index (χ3n) is 5.34. The number of hydrogen-bond acceptors (Lipinski definition) is 6. The fourth-order valence-electron chi connectivity index (χ4n) is 3.38. The average molecular weight is 461 g/mol. The molecule has 0 unspecified atom stereocenters. The van der Waals surface area contributed by atoms with Crippen molar-refractivity contribution in [2.75, 3.05) is 39.9 Å². The summed E-state index contributed by atoms with van der Waals surface area (Å²) >= 11 is 0. The molecular formula is C23H28N2O6S. The van der Waals surface area contributed by atoms with E-state index in [1.807, 2.05) is 12.1 Å². The van der Waals surface area contributed by atoms with Crippen LogP contribution in [0.5, 0.6) is 11.5 Å². The van der Waals surface area contributed by atoms with E-state index in [4.69, 9.17) is 9.47 Å². The minimum Gasteiger partial charge on any atom is -0.497 e. The number of benzene rings is 2. The minimum atomic E-state index is -3.62. The van der Waals surface area contributed by atoms with Gasteiger partial charge in [0.1, 0.15) is 17.3 Å². The Morgan fingerprint density at radius 2 is 1.50 bits per heavy atom. The maximum atomic E-state index is 12.8. The molecule has 0 N–H and O–H groups in total. The number of carbonyl (C=O) groups excluding carboxylic acids is 2. The molecule has 0 aromatic heterocycles. The van der Waals surface area contributed by atoms with Gasteiger partial charge in [0.25, 0.3) is 5.91 Å². The van der Waals surface area contributed by atoms with E-state index in [2.05, 4.69) is 0 Å². The summed E-state index contributed by atoms with van der Waals surface area (Å²) in [5, 5.41) is 0. The summed E-state index contributed by atoms with van der Waals surface area (Å²) in [4.78, 5) is 25.4. The fraction of sp³-hybridized carbons (Fsp3) is 0.391. The SMILES string of the molecule is COc1ccc(S(=O)(=O)N2CCN(C(=O)COc3ccc(CCC(C)=O)cc3)CC2)cc1. The Balaban J connectivity index is 1.48. The first-order valence-corrected chi connectivity index (χ1v) is 11.9. The lowest BCUT2D eigenvalue weighted by molar-refractivity contribution is -0.134. The molecular weight excluding hydrogens is 432 g/mol. The zero-order valence-corrected chi connectivity index (χ0v) is 19.1. The molecule has 0 saturated carbocycles. The highest BCUT2D eigenvalue weighted by molar-refractivity contribution is 7.89. The van der Waals surface area contributed by atoms with E-state index in [-0.39, 0.29) is 36.3 Å². The van der Waals surface area contributed by atoms with E-state index in [9.17, 15) is 18.0 Å². The number of ether oxygens (including phenoxy) is 2. The minimum absolute atomic E-state index is 0.113. The smallest absolute Gasteiger partial charge is 0.260 e. The third-order valence-corrected chi connectivity index (χ3v) is 7.25. The Morgan fingerprint density at radius 3 is 2.06 bits per heavy atom. The van der Waals surface area contributed by atoms with Crippen molar-refractivity contribution in [3.8, 4) is 11.5 Å². The summed E-state index contributed by atoms with van der Waals surface area (Å²) in [6, 6.07) is 13.6. The maximum absolute atomic E-state index is 12.8. The van der Waals surface area contributed by atoms with Crippen molar-refractivity contribution in [2.45, 2.75) is 24.7 Å². The summed E-state index contributed by atoms with van der Waals surface area (Å²) in [5.74, 6) is 1.12. The van der Waals surface area contributed by atoms with E-state index in [0.29, 0.717) is 37.4 Å². The average Bonchev–Trinajstić information content (AvgIpc) is 2.82. The molecule has 172 valence electrons. The van der Waals surface area contributed by atoms with Crippen molar-refractivity contribution in [1.29, 1.82) is 0 Å². The molecule has 32 heavy (non-hydrogen) atoms. The lowest BCUT2D eigenvalue weighted by atomic mass is 10.1. The van der Waals surface area contributed by atoms with Gasteiger partial charge >= 0.3 is 0 Å². The summed E-state index contributed by atoms with van der Waals surface area (Å²) in [5.41, 5.74) is 1.04. The summed E-state index contributed by atoms with van der Waals surface area (Å²) < 4.78 is 37.7. The van der Waals surface area contributed by atoms with Gasteiger partial charge in [-0.2, -0.15) is 4.31 Å². The van der Waals surface area contributed by atoms with Gasteiger partial charge in [0.15, 0.2) is 6.61 Å². The first kappa shape index (κ1) is 23.7. The number of Topliss-reactive ketones (excluding diaryl/α,β-unsaturated/α-hetero) is 1. The standard InChI is InChI=1S/C23H28N2O6S/c1-18(26)3-4-19-5-7-21(8-6-19)31-17-23(27)24-13-15-25(16-14-24)32(28,29)22-11-9-20(30-2)10-12-22/h5-12H,3-4,13-17H2,1-2H3. The van der Waals surface area contributed by atoms with E-state index in [1.165, 1.54) is 23.5 Å². The summed E-state index contributed by atoms with van der Waals surface area (Å²) in [6.07, 6.45) is 1.18. The first-order chi connectivity index (χ1) is 15.3. The second kappa shape index (κ2) is 10.6. The number of methoxy groups -OCH3 is 1. The predicted octanol–water partition coefficient (Wildman–Crippen LogP) is 2.13. The molecule has 0 aliphatic carbocycles. The lowest BCUT2D eigenvalue weighted by Gasteiger charge is -2.34. The van der Waals surface area contributed by atoms with Crippen LogP contribution in [0.25, 0.3) is 0 Å². The molecule has 2 aromatic carbocycles. The van der Waals surface area contributed by atoms with Crippen LogP contribution in [-0.2, 0) is 26.0 Å². The molecule has 1 heterocycles. The highest BCUT2D eigenvalue weighted by Crippen LogP contribution is 2.21. The molecule has 1 saturated heterocycles. The Hall–Kier alpha value is -2.91. The van der Waals surface area contributed by atoms with Gasteiger partial charge in [0.05, 0.1) is 12.0 Å². The monoisotopic (exact) mass is 460 g/mol. The van der Waals surface area contributed by atoms with Crippen molar-refractivity contribution >= 4 is 21.7 Å². The van der Waals surface area contributed by atoms with Crippen LogP contribution in [0.1, 0.15) is 18.9 Å². The van der Waals surface area contributed by atoms with Gasteiger partial charge in [-0.3, -0.25) is 4.79 Å². The lowest BCUT2D eigenvalue weighted by Crippen LogP contribution is -2.51. The number of aryl methyl sites for hydroxylation is 1. The summed E-state index contributed by atoms with van der Waals surface area (Å²) in [6.45, 7) is 2.52. The van der Waals surface area contributed by atoms with Crippen LogP contribution in [0.15, 0.2) is 53.4 Å². The number of sulfonamides is 1. The van der Waals surface area contributed by atoms with Crippen molar-refractivity contribution < 1.29 is 27.5 Å². The molecule has 1 aliphatic heterocycles. The Labute approximate surface area is 188 Å². The number of piperazine rings is 1. The molecule has 0 spiro atoms. The Bertz CT molecular complexity index is 1030.